The summed E-state index contributed by atoms with van der Waals surface area (Å²) in [4.78, 5) is 0. The number of hydrogen-bond acceptors (Lipinski definition) is 4. The van der Waals surface area contributed by atoms with Gasteiger partial charge in [0.05, 0.1) is 6.10 Å². The van der Waals surface area contributed by atoms with Crippen molar-refractivity contribution in [1.82, 2.24) is 0 Å². The van der Waals surface area contributed by atoms with Crippen LogP contribution in [-0.2, 0) is 0 Å². The van der Waals surface area contributed by atoms with Gasteiger partial charge in [-0.1, -0.05) is 0 Å². The molecule has 0 spiro atoms. The summed E-state index contributed by atoms with van der Waals surface area (Å²) in [6.07, 6.45) is -2.47. The molecule has 1 aromatic rings. The fourth-order valence-corrected chi connectivity index (χ4v) is 1.49. The van der Waals surface area contributed by atoms with Crippen LogP contribution in [0.15, 0.2) is 12.1 Å². The third-order valence-corrected chi connectivity index (χ3v) is 2.54. The maximum atomic E-state index is 13.0. The molecule has 3 nitrogen and oxygen atoms in total. The van der Waals surface area contributed by atoms with E-state index in [1.165, 1.54) is 6.92 Å². The van der Waals surface area contributed by atoms with Gasteiger partial charge in [-0.25, -0.2) is 4.39 Å². The zero-order chi connectivity index (χ0) is 11.6. The van der Waals surface area contributed by atoms with E-state index in [-0.39, 0.29) is 17.1 Å². The minimum atomic E-state index is -1.34. The second kappa shape index (κ2) is 4.83. The summed E-state index contributed by atoms with van der Waals surface area (Å²) in [6, 6.07) is 2.15. The first-order valence-electron chi connectivity index (χ1n) is 4.43. The van der Waals surface area contributed by atoms with E-state index in [0.29, 0.717) is 5.56 Å². The first-order chi connectivity index (χ1) is 6.97. The fraction of sp³-hybridized carbons (Fsp3) is 0.400. The number of aromatic hydroxyl groups is 1. The molecule has 1 rings (SSSR count). The molecule has 0 amide bonds. The Labute approximate surface area is 92.6 Å². The van der Waals surface area contributed by atoms with Gasteiger partial charge in [0.2, 0.25) is 0 Å². The molecule has 0 aliphatic heterocycles. The van der Waals surface area contributed by atoms with E-state index >= 15 is 0 Å². The van der Waals surface area contributed by atoms with Gasteiger partial charge >= 0.3 is 0 Å². The lowest BCUT2D eigenvalue weighted by Crippen LogP contribution is -2.20. The van der Waals surface area contributed by atoms with E-state index in [2.05, 4.69) is 12.6 Å². The number of rotatable bonds is 3. The first-order valence-corrected chi connectivity index (χ1v) is 5.06. The van der Waals surface area contributed by atoms with E-state index in [0.717, 1.165) is 12.1 Å². The predicted molar refractivity (Wildman–Crippen MR) is 57.6 cm³/mol. The number of benzene rings is 1. The largest absolute Gasteiger partial charge is 0.507 e. The van der Waals surface area contributed by atoms with Crippen LogP contribution in [0.1, 0.15) is 17.2 Å². The smallest absolute Gasteiger partial charge is 0.124 e. The highest BCUT2D eigenvalue weighted by atomic mass is 32.1. The second-order valence-corrected chi connectivity index (χ2v) is 3.72. The van der Waals surface area contributed by atoms with Gasteiger partial charge in [-0.15, -0.1) is 0 Å². The molecular weight excluding hydrogens is 219 g/mol. The van der Waals surface area contributed by atoms with Crippen molar-refractivity contribution in [3.8, 4) is 5.75 Å². The van der Waals surface area contributed by atoms with Gasteiger partial charge in [0, 0.05) is 11.3 Å². The van der Waals surface area contributed by atoms with Crippen molar-refractivity contribution in [1.29, 1.82) is 0 Å². The Kier molecular flexibility index (Phi) is 3.96. The number of aliphatic hydroxyl groups is 2. The zero-order valence-electron chi connectivity index (χ0n) is 8.18. The van der Waals surface area contributed by atoms with Gasteiger partial charge in [-0.2, -0.15) is 12.6 Å². The predicted octanol–water partition coefficient (Wildman–Crippen LogP) is 1.16. The van der Waals surface area contributed by atoms with Gasteiger partial charge in [0.25, 0.3) is 0 Å². The number of thiol groups is 1. The lowest BCUT2D eigenvalue weighted by atomic mass is 10.0. The van der Waals surface area contributed by atoms with Gasteiger partial charge in [-0.3, -0.25) is 0 Å². The van der Waals surface area contributed by atoms with Gasteiger partial charge in [-0.05, 0) is 24.6 Å². The van der Waals surface area contributed by atoms with Crippen LogP contribution in [0.25, 0.3) is 0 Å². The number of aliphatic hydroxyl groups excluding tert-OH is 2. The number of halogens is 1. The van der Waals surface area contributed by atoms with Crippen LogP contribution < -0.4 is 0 Å². The van der Waals surface area contributed by atoms with Crippen molar-refractivity contribution in [3.05, 3.63) is 29.1 Å². The van der Waals surface area contributed by atoms with Crippen molar-refractivity contribution in [2.24, 2.45) is 0 Å². The highest BCUT2D eigenvalue weighted by Gasteiger charge is 2.21. The summed E-state index contributed by atoms with van der Waals surface area (Å²) >= 11 is 3.81. The lowest BCUT2D eigenvalue weighted by Gasteiger charge is -2.18. The Hall–Kier alpha value is -0.780. The van der Waals surface area contributed by atoms with Gasteiger partial charge in [0.15, 0.2) is 0 Å². The third-order valence-electron chi connectivity index (χ3n) is 2.16. The molecule has 0 aromatic heterocycles. The van der Waals surface area contributed by atoms with Crippen LogP contribution in [0.3, 0.4) is 0 Å². The minimum Gasteiger partial charge on any atom is -0.507 e. The maximum absolute atomic E-state index is 13.0. The number of phenols is 1. The summed E-state index contributed by atoms with van der Waals surface area (Å²) in [7, 11) is 0. The van der Waals surface area contributed by atoms with Crippen molar-refractivity contribution < 1.29 is 19.7 Å². The Balaban J connectivity index is 3.13. The van der Waals surface area contributed by atoms with Crippen LogP contribution in [0, 0.1) is 12.7 Å². The molecule has 0 heterocycles. The molecule has 2 unspecified atom stereocenters. The number of hydrogen-bond donors (Lipinski definition) is 4. The molecule has 0 fully saturated rings. The van der Waals surface area contributed by atoms with E-state index in [4.69, 9.17) is 0 Å². The van der Waals surface area contributed by atoms with Crippen molar-refractivity contribution in [3.63, 3.8) is 0 Å². The van der Waals surface area contributed by atoms with Crippen molar-refractivity contribution in [2.45, 2.75) is 19.1 Å². The third kappa shape index (κ3) is 2.62. The van der Waals surface area contributed by atoms with Gasteiger partial charge in [0.1, 0.15) is 17.7 Å². The van der Waals surface area contributed by atoms with Crippen LogP contribution >= 0.6 is 12.6 Å². The molecule has 0 aliphatic rings. The molecule has 0 bridgehead atoms. The summed E-state index contributed by atoms with van der Waals surface area (Å²) in [5.74, 6) is -0.744. The molecular formula is C10H13FO3S. The first kappa shape index (κ1) is 12.3. The summed E-state index contributed by atoms with van der Waals surface area (Å²) in [5.41, 5.74) is 0.296. The van der Waals surface area contributed by atoms with Crippen molar-refractivity contribution >= 4 is 12.6 Å². The Bertz CT molecular complexity index is 357. The van der Waals surface area contributed by atoms with Gasteiger partial charge < -0.3 is 15.3 Å². The summed E-state index contributed by atoms with van der Waals surface area (Å²) in [5, 5.41) is 28.5. The minimum absolute atomic E-state index is 0.0194. The SMILES string of the molecule is Cc1cc(F)cc(C(O)C(O)CS)c1O. The normalized spacial score (nSPS) is 15.0. The molecule has 1 aromatic carbocycles. The van der Waals surface area contributed by atoms with E-state index in [9.17, 15) is 19.7 Å². The number of phenolic OH excluding ortho intramolecular Hbond substituents is 1. The Morgan fingerprint density at radius 3 is 2.53 bits per heavy atom. The molecule has 0 radical (unpaired) electrons. The van der Waals surface area contributed by atoms with E-state index in [1.54, 1.807) is 0 Å². The molecule has 0 saturated heterocycles. The number of aryl methyl sites for hydroxylation is 1. The average molecular weight is 232 g/mol. The van der Waals surface area contributed by atoms with Crippen LogP contribution in [0.5, 0.6) is 5.75 Å². The maximum Gasteiger partial charge on any atom is 0.124 e. The summed E-state index contributed by atoms with van der Waals surface area (Å²) < 4.78 is 13.0. The quantitative estimate of drug-likeness (QED) is 0.592. The molecule has 0 aliphatic carbocycles. The van der Waals surface area contributed by atoms with Crippen LogP contribution in [0.2, 0.25) is 0 Å². The van der Waals surface area contributed by atoms with Crippen LogP contribution in [0.4, 0.5) is 4.39 Å². The molecule has 0 saturated carbocycles. The topological polar surface area (TPSA) is 60.7 Å². The van der Waals surface area contributed by atoms with Crippen molar-refractivity contribution in [2.75, 3.05) is 5.75 Å². The van der Waals surface area contributed by atoms with Crippen LogP contribution in [-0.4, -0.2) is 27.2 Å². The molecule has 5 heteroatoms. The molecule has 15 heavy (non-hydrogen) atoms. The zero-order valence-corrected chi connectivity index (χ0v) is 9.08. The molecule has 84 valence electrons. The Morgan fingerprint density at radius 1 is 1.40 bits per heavy atom. The highest BCUT2D eigenvalue weighted by Crippen LogP contribution is 2.30. The Morgan fingerprint density at radius 2 is 2.00 bits per heavy atom. The average Bonchev–Trinajstić information content (AvgIpc) is 2.21. The fourth-order valence-electron chi connectivity index (χ4n) is 1.29. The lowest BCUT2D eigenvalue weighted by molar-refractivity contribution is 0.0320. The van der Waals surface area contributed by atoms with E-state index < -0.39 is 18.0 Å². The second-order valence-electron chi connectivity index (χ2n) is 3.36. The standard InChI is InChI=1S/C10H13FO3S/c1-5-2-6(11)3-7(9(5)13)10(14)8(12)4-15/h2-3,8,10,12-15H,4H2,1H3. The van der Waals surface area contributed by atoms with E-state index in [1.807, 2.05) is 0 Å². The molecule has 2 atom stereocenters. The summed E-state index contributed by atoms with van der Waals surface area (Å²) in [6.45, 7) is 1.52. The highest BCUT2D eigenvalue weighted by molar-refractivity contribution is 7.80. The monoisotopic (exact) mass is 232 g/mol. The molecule has 3 N–H and O–H groups in total.